The predicted octanol–water partition coefficient (Wildman–Crippen LogP) is 0.745. The van der Waals surface area contributed by atoms with Crippen molar-refractivity contribution in [2.45, 2.75) is 45.8 Å². The summed E-state index contributed by atoms with van der Waals surface area (Å²) in [5, 5.41) is 7.26. The van der Waals surface area contributed by atoms with Gasteiger partial charge in [-0.1, -0.05) is 13.8 Å². The molecule has 108 valence electrons. The molecule has 0 aromatic rings. The first-order chi connectivity index (χ1) is 8.57. The first-order valence-corrected chi connectivity index (χ1v) is 6.17. The Morgan fingerprint density at radius 1 is 1.37 bits per heavy atom. The SMILES string of the molecule is CC(C)[C@]1(CNC(=O)OC(C)(C)C)NC(=O)NC1=O. The standard InChI is InChI=1S/C12H21N3O4/c1-7(2)12(8(16)14-9(17)15-12)6-13-10(18)19-11(3,4)5/h7H,6H2,1-5H3,(H,13,18)(H2,14,15,16,17)/t12-/m0/s1. The summed E-state index contributed by atoms with van der Waals surface area (Å²) in [6.45, 7) is 8.81. The summed E-state index contributed by atoms with van der Waals surface area (Å²) in [7, 11) is 0. The molecule has 1 atom stereocenters. The highest BCUT2D eigenvalue weighted by Gasteiger charge is 2.48. The number of urea groups is 1. The summed E-state index contributed by atoms with van der Waals surface area (Å²) in [4.78, 5) is 34.7. The molecule has 0 unspecified atom stereocenters. The molecule has 0 radical (unpaired) electrons. The van der Waals surface area contributed by atoms with Gasteiger partial charge in [0.15, 0.2) is 0 Å². The zero-order chi connectivity index (χ0) is 14.8. The van der Waals surface area contributed by atoms with E-state index in [1.807, 2.05) is 0 Å². The smallest absolute Gasteiger partial charge is 0.407 e. The number of hydrogen-bond donors (Lipinski definition) is 3. The summed E-state index contributed by atoms with van der Waals surface area (Å²) >= 11 is 0. The molecule has 7 heteroatoms. The number of imide groups is 1. The zero-order valence-electron chi connectivity index (χ0n) is 11.9. The van der Waals surface area contributed by atoms with Crippen molar-refractivity contribution in [2.75, 3.05) is 6.54 Å². The van der Waals surface area contributed by atoms with Crippen molar-refractivity contribution in [3.63, 3.8) is 0 Å². The van der Waals surface area contributed by atoms with E-state index in [1.165, 1.54) is 0 Å². The average Bonchev–Trinajstić information content (AvgIpc) is 2.49. The van der Waals surface area contributed by atoms with E-state index >= 15 is 0 Å². The second kappa shape index (κ2) is 5.07. The number of ether oxygens (including phenoxy) is 1. The van der Waals surface area contributed by atoms with Crippen molar-refractivity contribution in [3.05, 3.63) is 0 Å². The molecule has 1 heterocycles. The fourth-order valence-electron chi connectivity index (χ4n) is 1.77. The minimum absolute atomic E-state index is 0.0167. The van der Waals surface area contributed by atoms with Crippen molar-refractivity contribution in [1.29, 1.82) is 0 Å². The zero-order valence-corrected chi connectivity index (χ0v) is 11.9. The summed E-state index contributed by atoms with van der Waals surface area (Å²) in [6, 6.07) is -0.551. The Kier molecular flexibility index (Phi) is 4.07. The molecule has 1 fully saturated rings. The van der Waals surface area contributed by atoms with Crippen LogP contribution in [0.2, 0.25) is 0 Å². The molecule has 0 aromatic heterocycles. The molecular weight excluding hydrogens is 250 g/mol. The minimum Gasteiger partial charge on any atom is -0.444 e. The van der Waals surface area contributed by atoms with Crippen molar-refractivity contribution < 1.29 is 19.1 Å². The number of alkyl carbamates (subject to hydrolysis) is 1. The van der Waals surface area contributed by atoms with E-state index in [0.717, 1.165) is 0 Å². The van der Waals surface area contributed by atoms with Gasteiger partial charge in [0.2, 0.25) is 0 Å². The normalized spacial score (nSPS) is 23.1. The van der Waals surface area contributed by atoms with Crippen LogP contribution in [0, 0.1) is 5.92 Å². The van der Waals surface area contributed by atoms with Gasteiger partial charge in [-0.05, 0) is 26.7 Å². The molecule has 1 aliphatic rings. The van der Waals surface area contributed by atoms with E-state index < -0.39 is 29.2 Å². The Morgan fingerprint density at radius 3 is 2.32 bits per heavy atom. The van der Waals surface area contributed by atoms with Gasteiger partial charge in [0.1, 0.15) is 11.1 Å². The van der Waals surface area contributed by atoms with Crippen LogP contribution in [0.4, 0.5) is 9.59 Å². The third kappa shape index (κ3) is 3.59. The molecule has 7 nitrogen and oxygen atoms in total. The molecule has 0 aliphatic carbocycles. The molecule has 0 bridgehead atoms. The van der Waals surface area contributed by atoms with Crippen LogP contribution in [0.3, 0.4) is 0 Å². The quantitative estimate of drug-likeness (QED) is 0.660. The third-order valence-electron chi connectivity index (χ3n) is 2.86. The largest absolute Gasteiger partial charge is 0.444 e. The lowest BCUT2D eigenvalue weighted by molar-refractivity contribution is -0.125. The maximum absolute atomic E-state index is 11.9. The highest BCUT2D eigenvalue weighted by molar-refractivity contribution is 6.07. The third-order valence-corrected chi connectivity index (χ3v) is 2.86. The molecular formula is C12H21N3O4. The summed E-state index contributed by atoms with van der Waals surface area (Å²) in [6.07, 6.45) is -0.624. The highest BCUT2D eigenvalue weighted by Crippen LogP contribution is 2.20. The van der Waals surface area contributed by atoms with E-state index in [-0.39, 0.29) is 12.5 Å². The second-order valence-electron chi connectivity index (χ2n) is 5.89. The topological polar surface area (TPSA) is 96.5 Å². The monoisotopic (exact) mass is 271 g/mol. The number of nitrogens with one attached hydrogen (secondary N) is 3. The van der Waals surface area contributed by atoms with Crippen LogP contribution < -0.4 is 16.0 Å². The number of carbonyl (C=O) groups is 3. The van der Waals surface area contributed by atoms with E-state index in [9.17, 15) is 14.4 Å². The van der Waals surface area contributed by atoms with Crippen LogP contribution in [0.15, 0.2) is 0 Å². The van der Waals surface area contributed by atoms with Gasteiger partial charge in [-0.15, -0.1) is 0 Å². The maximum atomic E-state index is 11.9. The van der Waals surface area contributed by atoms with Crippen LogP contribution in [-0.4, -0.2) is 35.7 Å². The van der Waals surface area contributed by atoms with Crippen molar-refractivity contribution in [3.8, 4) is 0 Å². The molecule has 19 heavy (non-hydrogen) atoms. The molecule has 0 saturated carbocycles. The van der Waals surface area contributed by atoms with Crippen molar-refractivity contribution in [2.24, 2.45) is 5.92 Å². The van der Waals surface area contributed by atoms with Gasteiger partial charge < -0.3 is 15.4 Å². The van der Waals surface area contributed by atoms with Crippen LogP contribution in [0.1, 0.15) is 34.6 Å². The van der Waals surface area contributed by atoms with Gasteiger partial charge in [-0.25, -0.2) is 9.59 Å². The molecule has 0 spiro atoms. The lowest BCUT2D eigenvalue weighted by Crippen LogP contribution is -2.59. The molecule has 1 rings (SSSR count). The van der Waals surface area contributed by atoms with Crippen LogP contribution in [0.25, 0.3) is 0 Å². The lowest BCUT2D eigenvalue weighted by atomic mass is 9.86. The molecule has 4 amide bonds. The Balaban J connectivity index is 2.69. The number of rotatable bonds is 3. The molecule has 1 saturated heterocycles. The van der Waals surface area contributed by atoms with Gasteiger partial charge in [0.25, 0.3) is 5.91 Å². The fraction of sp³-hybridized carbons (Fsp3) is 0.750. The van der Waals surface area contributed by atoms with Crippen LogP contribution in [0.5, 0.6) is 0 Å². The Morgan fingerprint density at radius 2 is 1.95 bits per heavy atom. The first kappa shape index (κ1) is 15.3. The van der Waals surface area contributed by atoms with Crippen molar-refractivity contribution in [1.82, 2.24) is 16.0 Å². The predicted molar refractivity (Wildman–Crippen MR) is 68.5 cm³/mol. The molecule has 3 N–H and O–H groups in total. The van der Waals surface area contributed by atoms with Gasteiger partial charge in [-0.2, -0.15) is 0 Å². The average molecular weight is 271 g/mol. The Hall–Kier alpha value is -1.79. The summed E-state index contributed by atoms with van der Waals surface area (Å²) in [5.41, 5.74) is -1.75. The number of amides is 4. The van der Waals surface area contributed by atoms with Gasteiger partial charge >= 0.3 is 12.1 Å². The molecule has 1 aliphatic heterocycles. The van der Waals surface area contributed by atoms with Crippen molar-refractivity contribution >= 4 is 18.0 Å². The number of carbonyl (C=O) groups excluding carboxylic acids is 3. The van der Waals surface area contributed by atoms with Gasteiger partial charge in [-0.3, -0.25) is 10.1 Å². The molecule has 0 aromatic carbocycles. The van der Waals surface area contributed by atoms with E-state index in [0.29, 0.717) is 0 Å². The van der Waals surface area contributed by atoms with Crippen LogP contribution in [-0.2, 0) is 9.53 Å². The van der Waals surface area contributed by atoms with Crippen LogP contribution >= 0.6 is 0 Å². The fourth-order valence-corrected chi connectivity index (χ4v) is 1.77. The Labute approximate surface area is 112 Å². The second-order valence-corrected chi connectivity index (χ2v) is 5.89. The van der Waals surface area contributed by atoms with E-state index in [1.54, 1.807) is 34.6 Å². The summed E-state index contributed by atoms with van der Waals surface area (Å²) < 4.78 is 5.09. The Bertz CT molecular complexity index is 400. The maximum Gasteiger partial charge on any atom is 0.407 e. The number of hydrogen-bond acceptors (Lipinski definition) is 4. The minimum atomic E-state index is -1.13. The summed E-state index contributed by atoms with van der Waals surface area (Å²) in [5.74, 6) is -0.613. The highest BCUT2D eigenvalue weighted by atomic mass is 16.6. The van der Waals surface area contributed by atoms with E-state index in [4.69, 9.17) is 4.74 Å². The van der Waals surface area contributed by atoms with E-state index in [2.05, 4.69) is 16.0 Å². The lowest BCUT2D eigenvalue weighted by Gasteiger charge is -2.30. The van der Waals surface area contributed by atoms with Gasteiger partial charge in [0.05, 0.1) is 6.54 Å². The van der Waals surface area contributed by atoms with Gasteiger partial charge in [0, 0.05) is 0 Å². The first-order valence-electron chi connectivity index (χ1n) is 6.17.